The summed E-state index contributed by atoms with van der Waals surface area (Å²) in [7, 11) is 0.346. The van der Waals surface area contributed by atoms with Crippen molar-refractivity contribution in [3.05, 3.63) is 60.3 Å². The summed E-state index contributed by atoms with van der Waals surface area (Å²) in [4.78, 5) is 2.32. The summed E-state index contributed by atoms with van der Waals surface area (Å²) in [6.45, 7) is 0. The monoisotopic (exact) mass is 356 g/mol. The Morgan fingerprint density at radius 3 is 2.56 bits per heavy atom. The van der Waals surface area contributed by atoms with Crippen molar-refractivity contribution in [3.8, 4) is 5.75 Å². The number of aromatic nitrogens is 1. The maximum Gasteiger partial charge on any atom is 0.268 e. The second-order valence-electron chi connectivity index (χ2n) is 6.49. The van der Waals surface area contributed by atoms with E-state index in [1.807, 2.05) is 37.2 Å². The molecule has 1 aromatic heterocycles. The van der Waals surface area contributed by atoms with Gasteiger partial charge in [-0.1, -0.05) is 24.3 Å². The van der Waals surface area contributed by atoms with E-state index in [9.17, 15) is 8.42 Å². The van der Waals surface area contributed by atoms with E-state index >= 15 is 0 Å². The number of hydrogen-bond acceptors (Lipinski definition) is 4. The minimum atomic E-state index is -3.63. The maximum atomic E-state index is 13.0. The van der Waals surface area contributed by atoms with Gasteiger partial charge in [0.25, 0.3) is 10.0 Å². The molecule has 0 saturated heterocycles. The highest BCUT2D eigenvalue weighted by Crippen LogP contribution is 2.37. The Morgan fingerprint density at radius 1 is 1.08 bits per heavy atom. The average Bonchev–Trinajstić information content (AvgIpc) is 3.07. The molecule has 0 radical (unpaired) electrons. The Hall–Kier alpha value is -2.31. The quantitative estimate of drug-likeness (QED) is 0.724. The largest absolute Gasteiger partial charge is 0.474 e. The van der Waals surface area contributed by atoms with Crippen LogP contribution in [0.15, 0.2) is 59.6 Å². The van der Waals surface area contributed by atoms with E-state index in [2.05, 4.69) is 0 Å². The summed E-state index contributed by atoms with van der Waals surface area (Å²) < 4.78 is 33.4. The van der Waals surface area contributed by atoms with Gasteiger partial charge >= 0.3 is 0 Å². The number of hydrogen-bond donors (Lipinski definition) is 0. The zero-order valence-electron chi connectivity index (χ0n) is 14.2. The molecule has 4 rings (SSSR count). The fraction of sp³-hybridized carbons (Fsp3) is 0.263. The molecular weight excluding hydrogens is 336 g/mol. The number of fused-ring (bicyclic) bond motifs is 3. The van der Waals surface area contributed by atoms with Crippen molar-refractivity contribution in [2.24, 2.45) is 0 Å². The van der Waals surface area contributed by atoms with E-state index < -0.39 is 10.0 Å². The van der Waals surface area contributed by atoms with Crippen LogP contribution in [0, 0.1) is 0 Å². The van der Waals surface area contributed by atoms with Gasteiger partial charge in [0, 0.05) is 18.0 Å². The SMILES string of the molecule is CN(C)C1CCc2ccc3c(ccn3S(=O)(=O)c3ccccc3)c2O1. The summed E-state index contributed by atoms with van der Waals surface area (Å²) in [5, 5.41) is 0.837. The van der Waals surface area contributed by atoms with Crippen LogP contribution >= 0.6 is 0 Å². The maximum absolute atomic E-state index is 13.0. The molecule has 6 heteroatoms. The van der Waals surface area contributed by atoms with E-state index in [1.54, 1.807) is 36.5 Å². The van der Waals surface area contributed by atoms with Crippen molar-refractivity contribution < 1.29 is 13.2 Å². The number of nitrogens with zero attached hydrogens (tertiary/aromatic N) is 2. The molecule has 0 saturated carbocycles. The van der Waals surface area contributed by atoms with Crippen molar-refractivity contribution in [2.75, 3.05) is 14.1 Å². The van der Waals surface area contributed by atoms with Crippen molar-refractivity contribution in [2.45, 2.75) is 24.0 Å². The first-order chi connectivity index (χ1) is 12.0. The van der Waals surface area contributed by atoms with Gasteiger partial charge in [0.05, 0.1) is 10.4 Å². The van der Waals surface area contributed by atoms with Gasteiger partial charge < -0.3 is 4.74 Å². The molecule has 0 N–H and O–H groups in total. The predicted octanol–water partition coefficient (Wildman–Crippen LogP) is 3.09. The second-order valence-corrected chi connectivity index (χ2v) is 8.31. The molecule has 3 aromatic rings. The third-order valence-electron chi connectivity index (χ3n) is 4.66. The summed E-state index contributed by atoms with van der Waals surface area (Å²) in [6.07, 6.45) is 3.46. The van der Waals surface area contributed by atoms with Crippen LogP contribution in [0.1, 0.15) is 12.0 Å². The first-order valence-electron chi connectivity index (χ1n) is 8.25. The highest BCUT2D eigenvalue weighted by molar-refractivity contribution is 7.90. The van der Waals surface area contributed by atoms with Crippen LogP contribution < -0.4 is 4.74 Å². The van der Waals surface area contributed by atoms with E-state index in [-0.39, 0.29) is 11.1 Å². The summed E-state index contributed by atoms with van der Waals surface area (Å²) in [5.74, 6) is 0.796. The van der Waals surface area contributed by atoms with Gasteiger partial charge in [-0.15, -0.1) is 0 Å². The lowest BCUT2D eigenvalue weighted by Crippen LogP contribution is -2.36. The molecule has 2 aromatic carbocycles. The molecule has 0 spiro atoms. The molecule has 0 aliphatic carbocycles. The molecule has 1 unspecified atom stereocenters. The Balaban J connectivity index is 1.86. The molecule has 130 valence electrons. The normalized spacial score (nSPS) is 17.5. The lowest BCUT2D eigenvalue weighted by molar-refractivity contribution is 0.0475. The fourth-order valence-electron chi connectivity index (χ4n) is 3.30. The fourth-order valence-corrected chi connectivity index (χ4v) is 4.67. The van der Waals surface area contributed by atoms with E-state index in [4.69, 9.17) is 4.74 Å². The average molecular weight is 356 g/mol. The Labute approximate surface area is 147 Å². The molecule has 25 heavy (non-hydrogen) atoms. The van der Waals surface area contributed by atoms with Crippen LogP contribution in [0.2, 0.25) is 0 Å². The summed E-state index contributed by atoms with van der Waals surface area (Å²) in [6, 6.07) is 14.1. The molecular formula is C19H20N2O3S. The van der Waals surface area contributed by atoms with Gasteiger partial charge in [-0.2, -0.15) is 0 Å². The lowest BCUT2D eigenvalue weighted by Gasteiger charge is -2.31. The third kappa shape index (κ3) is 2.62. The molecule has 1 aliphatic rings. The lowest BCUT2D eigenvalue weighted by atomic mass is 10.0. The van der Waals surface area contributed by atoms with Crippen molar-refractivity contribution in [1.29, 1.82) is 0 Å². The van der Waals surface area contributed by atoms with Gasteiger partial charge in [-0.25, -0.2) is 12.4 Å². The second kappa shape index (κ2) is 5.89. The van der Waals surface area contributed by atoms with Crippen LogP contribution in [-0.4, -0.2) is 37.6 Å². The number of ether oxygens (including phenoxy) is 1. The van der Waals surface area contributed by atoms with Crippen LogP contribution in [0.5, 0.6) is 5.75 Å². The Kier molecular flexibility index (Phi) is 3.81. The summed E-state index contributed by atoms with van der Waals surface area (Å²) in [5.41, 5.74) is 1.77. The zero-order valence-corrected chi connectivity index (χ0v) is 15.0. The molecule has 5 nitrogen and oxygen atoms in total. The molecule has 1 atom stereocenters. The molecule has 0 amide bonds. The molecule has 0 fully saturated rings. The van der Waals surface area contributed by atoms with Gasteiger partial charge in [0.15, 0.2) is 6.23 Å². The van der Waals surface area contributed by atoms with Crippen LogP contribution in [0.25, 0.3) is 10.9 Å². The van der Waals surface area contributed by atoms with E-state index in [1.165, 1.54) is 3.97 Å². The van der Waals surface area contributed by atoms with Gasteiger partial charge in [0.1, 0.15) is 5.75 Å². The van der Waals surface area contributed by atoms with Crippen molar-refractivity contribution in [1.82, 2.24) is 8.87 Å². The van der Waals surface area contributed by atoms with Crippen LogP contribution in [-0.2, 0) is 16.4 Å². The van der Waals surface area contributed by atoms with Crippen LogP contribution in [0.4, 0.5) is 0 Å². The smallest absolute Gasteiger partial charge is 0.268 e. The van der Waals surface area contributed by atoms with Gasteiger partial charge in [-0.05, 0) is 50.3 Å². The minimum absolute atomic E-state index is 0.00665. The number of aryl methyl sites for hydroxylation is 1. The van der Waals surface area contributed by atoms with E-state index in [0.29, 0.717) is 5.52 Å². The van der Waals surface area contributed by atoms with Crippen molar-refractivity contribution >= 4 is 20.9 Å². The molecule has 2 heterocycles. The summed E-state index contributed by atoms with van der Waals surface area (Å²) >= 11 is 0. The zero-order chi connectivity index (χ0) is 17.6. The Morgan fingerprint density at radius 2 is 1.84 bits per heavy atom. The predicted molar refractivity (Wildman–Crippen MR) is 97.4 cm³/mol. The molecule has 0 bridgehead atoms. The van der Waals surface area contributed by atoms with Gasteiger partial charge in [0.2, 0.25) is 0 Å². The van der Waals surface area contributed by atoms with Crippen molar-refractivity contribution in [3.63, 3.8) is 0 Å². The first kappa shape index (κ1) is 16.2. The number of benzene rings is 2. The highest BCUT2D eigenvalue weighted by atomic mass is 32.2. The minimum Gasteiger partial charge on any atom is -0.474 e. The molecule has 1 aliphatic heterocycles. The van der Waals surface area contributed by atoms with Gasteiger partial charge in [-0.3, -0.25) is 4.90 Å². The Bertz CT molecular complexity index is 1020. The first-order valence-corrected chi connectivity index (χ1v) is 9.69. The topological polar surface area (TPSA) is 51.5 Å². The highest BCUT2D eigenvalue weighted by Gasteiger charge is 2.26. The standard InChI is InChI=1S/C19H20N2O3S/c1-20(2)18-11-9-14-8-10-17-16(19(14)24-18)12-13-21(17)25(22,23)15-6-4-3-5-7-15/h3-8,10,12-13,18H,9,11H2,1-2H3. The van der Waals surface area contributed by atoms with Crippen LogP contribution in [0.3, 0.4) is 0 Å². The third-order valence-corrected chi connectivity index (χ3v) is 6.36. The van der Waals surface area contributed by atoms with E-state index in [0.717, 1.165) is 29.5 Å². The number of rotatable bonds is 3.